The minimum Gasteiger partial charge on any atom is -0.476 e. The Morgan fingerprint density at radius 3 is 2.69 bits per heavy atom. The first-order chi connectivity index (χ1) is 7.50. The molecule has 0 saturated carbocycles. The number of hydrogen-bond donors (Lipinski definition) is 1. The van der Waals surface area contributed by atoms with Crippen LogP contribution in [-0.2, 0) is 6.61 Å². The van der Waals surface area contributed by atoms with E-state index in [-0.39, 0.29) is 12.4 Å². The van der Waals surface area contributed by atoms with Crippen molar-refractivity contribution >= 4 is 6.08 Å². The van der Waals surface area contributed by atoms with Crippen LogP contribution in [0.5, 0.6) is 5.75 Å². The van der Waals surface area contributed by atoms with Gasteiger partial charge in [-0.05, 0) is 23.8 Å². The summed E-state index contributed by atoms with van der Waals surface area (Å²) in [6, 6.07) is 4.56. The van der Waals surface area contributed by atoms with E-state index in [1.165, 1.54) is 18.2 Å². The van der Waals surface area contributed by atoms with Crippen LogP contribution in [0.25, 0.3) is 6.08 Å². The molecule has 1 heterocycles. The Kier molecular flexibility index (Phi) is 2.63. The predicted molar refractivity (Wildman–Crippen MR) is 51.9 cm³/mol. The van der Waals surface area contributed by atoms with Crippen LogP contribution >= 0.6 is 0 Å². The lowest BCUT2D eigenvalue weighted by atomic mass is 10.1. The van der Waals surface area contributed by atoms with Crippen molar-refractivity contribution in [2.75, 3.05) is 0 Å². The molecule has 0 radical (unpaired) electrons. The summed E-state index contributed by atoms with van der Waals surface area (Å²) in [4.78, 5) is 0. The Labute approximate surface area is 90.0 Å². The molecule has 0 amide bonds. The zero-order valence-electron chi connectivity index (χ0n) is 8.16. The Hall–Kier alpha value is -1.49. The number of aliphatic hydroxyl groups is 1. The molecule has 1 unspecified atom stereocenters. The molecule has 2 rings (SSSR count). The van der Waals surface area contributed by atoms with Crippen LogP contribution in [-0.4, -0.2) is 17.4 Å². The van der Waals surface area contributed by atoms with Crippen LogP contribution in [0.4, 0.5) is 13.2 Å². The zero-order chi connectivity index (χ0) is 11.8. The van der Waals surface area contributed by atoms with Gasteiger partial charge in [-0.2, -0.15) is 13.2 Å². The third-order valence-corrected chi connectivity index (χ3v) is 2.28. The van der Waals surface area contributed by atoms with Gasteiger partial charge in [-0.15, -0.1) is 0 Å². The normalized spacial score (nSPS) is 19.1. The molecule has 5 heteroatoms. The highest BCUT2D eigenvalue weighted by Gasteiger charge is 2.41. The predicted octanol–water partition coefficient (Wildman–Crippen LogP) is 2.52. The molecule has 86 valence electrons. The third kappa shape index (κ3) is 2.04. The lowest BCUT2D eigenvalue weighted by Crippen LogP contribution is -2.33. The summed E-state index contributed by atoms with van der Waals surface area (Å²) in [5.74, 6) is 0.182. The smallest absolute Gasteiger partial charge is 0.429 e. The summed E-state index contributed by atoms with van der Waals surface area (Å²) in [6.45, 7) is -0.149. The molecular weight excluding hydrogens is 221 g/mol. The van der Waals surface area contributed by atoms with Crippen molar-refractivity contribution in [2.45, 2.75) is 18.9 Å². The monoisotopic (exact) mass is 230 g/mol. The Morgan fingerprint density at radius 1 is 1.31 bits per heavy atom. The number of fused-ring (bicyclic) bond motifs is 1. The van der Waals surface area contributed by atoms with E-state index in [2.05, 4.69) is 0 Å². The summed E-state index contributed by atoms with van der Waals surface area (Å²) < 4.78 is 41.9. The number of alkyl halides is 3. The second kappa shape index (κ2) is 3.83. The highest BCUT2D eigenvalue weighted by molar-refractivity contribution is 5.61. The van der Waals surface area contributed by atoms with Crippen molar-refractivity contribution in [3.05, 3.63) is 35.4 Å². The molecule has 0 spiro atoms. The fourth-order valence-corrected chi connectivity index (χ4v) is 1.48. The zero-order valence-corrected chi connectivity index (χ0v) is 8.16. The second-order valence-electron chi connectivity index (χ2n) is 3.47. The lowest BCUT2D eigenvalue weighted by molar-refractivity contribution is -0.180. The van der Waals surface area contributed by atoms with Gasteiger partial charge in [0.15, 0.2) is 0 Å². The van der Waals surface area contributed by atoms with E-state index in [0.29, 0.717) is 11.1 Å². The van der Waals surface area contributed by atoms with Crippen molar-refractivity contribution in [1.82, 2.24) is 0 Å². The molecule has 0 aliphatic carbocycles. The van der Waals surface area contributed by atoms with Gasteiger partial charge in [0.1, 0.15) is 5.75 Å². The van der Waals surface area contributed by atoms with Gasteiger partial charge in [-0.1, -0.05) is 12.1 Å². The van der Waals surface area contributed by atoms with Gasteiger partial charge < -0.3 is 9.84 Å². The number of halogens is 3. The molecule has 16 heavy (non-hydrogen) atoms. The fourth-order valence-electron chi connectivity index (χ4n) is 1.48. The van der Waals surface area contributed by atoms with Crippen molar-refractivity contribution in [1.29, 1.82) is 0 Å². The van der Waals surface area contributed by atoms with Crippen LogP contribution in [0.3, 0.4) is 0 Å². The first kappa shape index (κ1) is 11.0. The number of aliphatic hydroxyl groups excluding tert-OH is 1. The van der Waals surface area contributed by atoms with Gasteiger partial charge in [0.05, 0.1) is 6.61 Å². The van der Waals surface area contributed by atoms with Gasteiger partial charge in [0.25, 0.3) is 0 Å². The number of ether oxygens (including phenoxy) is 1. The van der Waals surface area contributed by atoms with E-state index in [4.69, 9.17) is 9.84 Å². The fraction of sp³-hybridized carbons (Fsp3) is 0.273. The first-order valence-corrected chi connectivity index (χ1v) is 4.66. The molecular formula is C11H9F3O2. The molecule has 1 aliphatic heterocycles. The Morgan fingerprint density at radius 2 is 2.06 bits per heavy atom. The summed E-state index contributed by atoms with van der Waals surface area (Å²) in [6.07, 6.45) is -3.97. The Balaban J connectivity index is 2.30. The molecule has 0 bridgehead atoms. The summed E-state index contributed by atoms with van der Waals surface area (Å²) >= 11 is 0. The van der Waals surface area contributed by atoms with Crippen molar-refractivity contribution in [2.24, 2.45) is 0 Å². The maximum Gasteiger partial charge on any atom is 0.429 e. The first-order valence-electron chi connectivity index (χ1n) is 4.66. The SMILES string of the molecule is OCc1ccc2c(c1)C=CC(C(F)(F)F)O2. The molecule has 1 aromatic carbocycles. The lowest BCUT2D eigenvalue weighted by Gasteiger charge is -2.23. The van der Waals surface area contributed by atoms with Crippen molar-refractivity contribution in [3.63, 3.8) is 0 Å². The van der Waals surface area contributed by atoms with Crippen LogP contribution < -0.4 is 4.74 Å². The van der Waals surface area contributed by atoms with Gasteiger partial charge in [0.2, 0.25) is 6.10 Å². The summed E-state index contributed by atoms with van der Waals surface area (Å²) in [5.41, 5.74) is 1.18. The number of hydrogen-bond acceptors (Lipinski definition) is 2. The average molecular weight is 230 g/mol. The quantitative estimate of drug-likeness (QED) is 0.803. The summed E-state index contributed by atoms with van der Waals surface area (Å²) in [7, 11) is 0. The maximum atomic E-state index is 12.4. The van der Waals surface area contributed by atoms with Gasteiger partial charge in [-0.3, -0.25) is 0 Å². The Bertz CT molecular complexity index is 424. The molecule has 1 aliphatic rings. The van der Waals surface area contributed by atoms with Gasteiger partial charge >= 0.3 is 6.18 Å². The topological polar surface area (TPSA) is 29.5 Å². The van der Waals surface area contributed by atoms with Crippen LogP contribution in [0.15, 0.2) is 24.3 Å². The van der Waals surface area contributed by atoms with Crippen LogP contribution in [0.2, 0.25) is 0 Å². The highest BCUT2D eigenvalue weighted by Crippen LogP contribution is 2.33. The maximum absolute atomic E-state index is 12.4. The van der Waals surface area contributed by atoms with Crippen molar-refractivity contribution in [3.8, 4) is 5.75 Å². The standard InChI is InChI=1S/C11H9F3O2/c12-11(13,14)10-4-2-8-5-7(6-15)1-3-9(8)16-10/h1-5,10,15H,6H2. The van der Waals surface area contributed by atoms with E-state index in [0.717, 1.165) is 6.08 Å². The molecule has 1 N–H and O–H groups in total. The number of benzene rings is 1. The van der Waals surface area contributed by atoms with Crippen LogP contribution in [0, 0.1) is 0 Å². The van der Waals surface area contributed by atoms with E-state index in [9.17, 15) is 13.2 Å². The second-order valence-corrected chi connectivity index (χ2v) is 3.47. The molecule has 0 saturated heterocycles. The van der Waals surface area contributed by atoms with Crippen LogP contribution in [0.1, 0.15) is 11.1 Å². The molecule has 0 aromatic heterocycles. The third-order valence-electron chi connectivity index (χ3n) is 2.28. The van der Waals surface area contributed by atoms with Gasteiger partial charge in [0, 0.05) is 5.56 Å². The van der Waals surface area contributed by atoms with E-state index >= 15 is 0 Å². The molecule has 0 fully saturated rings. The number of rotatable bonds is 1. The van der Waals surface area contributed by atoms with Crippen molar-refractivity contribution < 1.29 is 23.0 Å². The molecule has 2 nitrogen and oxygen atoms in total. The minimum absolute atomic E-state index is 0.149. The molecule has 1 atom stereocenters. The highest BCUT2D eigenvalue weighted by atomic mass is 19.4. The van der Waals surface area contributed by atoms with E-state index in [1.54, 1.807) is 6.07 Å². The van der Waals surface area contributed by atoms with E-state index < -0.39 is 12.3 Å². The summed E-state index contributed by atoms with van der Waals surface area (Å²) in [5, 5.41) is 8.88. The molecule has 1 aromatic rings. The minimum atomic E-state index is -4.40. The average Bonchev–Trinajstić information content (AvgIpc) is 2.26. The largest absolute Gasteiger partial charge is 0.476 e. The van der Waals surface area contributed by atoms with Gasteiger partial charge in [-0.25, -0.2) is 0 Å². The van der Waals surface area contributed by atoms with E-state index in [1.807, 2.05) is 0 Å².